The maximum atomic E-state index is 15.9. The average Bonchev–Trinajstić information content (AvgIpc) is 3.49. The van der Waals surface area contributed by atoms with Crippen LogP contribution >= 0.6 is 0 Å². The number of benzene rings is 2. The molecule has 204 valence electrons. The van der Waals surface area contributed by atoms with Crippen molar-refractivity contribution in [3.63, 3.8) is 0 Å². The van der Waals surface area contributed by atoms with Crippen molar-refractivity contribution in [3.8, 4) is 0 Å². The van der Waals surface area contributed by atoms with Crippen LogP contribution in [0.5, 0.6) is 0 Å². The second kappa shape index (κ2) is 11.4. The van der Waals surface area contributed by atoms with Crippen molar-refractivity contribution in [2.45, 2.75) is 57.2 Å². The first-order chi connectivity index (χ1) is 18.4. The highest BCUT2D eigenvalue weighted by molar-refractivity contribution is 5.85. The van der Waals surface area contributed by atoms with Crippen LogP contribution in [0.2, 0.25) is 0 Å². The molecular formula is C30H37F3N4O. The largest absolute Gasteiger partial charge is 0.396 e. The van der Waals surface area contributed by atoms with Crippen molar-refractivity contribution in [1.29, 1.82) is 0 Å². The van der Waals surface area contributed by atoms with Gasteiger partial charge < -0.3 is 25.2 Å². The maximum absolute atomic E-state index is 15.9. The molecule has 3 heterocycles. The van der Waals surface area contributed by atoms with Gasteiger partial charge in [0.15, 0.2) is 0 Å². The molecule has 1 saturated heterocycles. The van der Waals surface area contributed by atoms with Gasteiger partial charge in [0.05, 0.1) is 12.2 Å². The van der Waals surface area contributed by atoms with Gasteiger partial charge in [-0.15, -0.1) is 0 Å². The summed E-state index contributed by atoms with van der Waals surface area (Å²) in [5.74, 6) is -1.22. The van der Waals surface area contributed by atoms with E-state index in [-0.39, 0.29) is 30.9 Å². The van der Waals surface area contributed by atoms with Crippen LogP contribution in [0, 0.1) is 11.6 Å². The summed E-state index contributed by atoms with van der Waals surface area (Å²) in [6.07, 6.45) is 3.13. The molecule has 2 aromatic carbocycles. The third kappa shape index (κ3) is 5.16. The summed E-state index contributed by atoms with van der Waals surface area (Å²) in [4.78, 5) is 7.65. The number of allylic oxidation sites excluding steroid dienone is 1. The zero-order chi connectivity index (χ0) is 26.8. The number of halogens is 3. The molecule has 2 aliphatic heterocycles. The fourth-order valence-electron chi connectivity index (χ4n) is 6.25. The number of alkyl halides is 1. The van der Waals surface area contributed by atoms with E-state index in [4.69, 9.17) is 0 Å². The van der Waals surface area contributed by atoms with Gasteiger partial charge in [-0.2, -0.15) is 0 Å². The second-order valence-corrected chi connectivity index (χ2v) is 10.6. The minimum Gasteiger partial charge on any atom is -0.396 e. The lowest BCUT2D eigenvalue weighted by molar-refractivity contribution is 0.182. The van der Waals surface area contributed by atoms with E-state index in [0.29, 0.717) is 31.5 Å². The Labute approximate surface area is 222 Å². The second-order valence-electron chi connectivity index (χ2n) is 10.6. The number of rotatable bonds is 10. The van der Waals surface area contributed by atoms with E-state index in [1.54, 1.807) is 0 Å². The molecule has 3 atom stereocenters. The Hall–Kier alpha value is -2.97. The Kier molecular flexibility index (Phi) is 8.00. The van der Waals surface area contributed by atoms with Crippen molar-refractivity contribution in [2.75, 3.05) is 38.2 Å². The van der Waals surface area contributed by atoms with E-state index in [9.17, 15) is 9.50 Å². The molecule has 2 aliphatic rings. The molecule has 1 aromatic heterocycles. The Bertz CT molecular complexity index is 1270. The zero-order valence-corrected chi connectivity index (χ0v) is 21.9. The Morgan fingerprint density at radius 3 is 2.68 bits per heavy atom. The van der Waals surface area contributed by atoms with E-state index in [1.165, 1.54) is 12.1 Å². The minimum absolute atomic E-state index is 0.00366. The van der Waals surface area contributed by atoms with Gasteiger partial charge in [-0.1, -0.05) is 24.8 Å². The standard InChI is InChI=1S/C30H37F3N4O/c1-19(7-5-14-38)37-20(2)15-24-23-8-3-4-9-27(23)35-29(24)30(37)28-25(32)16-22(17-26(28)33)34-21-10-13-36(18-21)12-6-11-31/h3-4,8-9,16-17,20-21,30,34-35,38H,1,5-7,10-15,18H2,2H3/t20-,21+,30-/m1/s1. The van der Waals surface area contributed by atoms with Gasteiger partial charge in [0.25, 0.3) is 0 Å². The van der Waals surface area contributed by atoms with Crippen LogP contribution in [0.1, 0.15) is 55.5 Å². The molecule has 38 heavy (non-hydrogen) atoms. The van der Waals surface area contributed by atoms with E-state index in [0.717, 1.165) is 53.8 Å². The Morgan fingerprint density at radius 2 is 1.95 bits per heavy atom. The van der Waals surface area contributed by atoms with E-state index < -0.39 is 17.7 Å². The van der Waals surface area contributed by atoms with Crippen LogP contribution in [-0.4, -0.2) is 64.9 Å². The van der Waals surface area contributed by atoms with Crippen LogP contribution in [0.15, 0.2) is 48.7 Å². The number of H-pyrrole nitrogens is 1. The predicted molar refractivity (Wildman–Crippen MR) is 146 cm³/mol. The van der Waals surface area contributed by atoms with Gasteiger partial charge in [-0.25, -0.2) is 8.78 Å². The van der Waals surface area contributed by atoms with Crippen molar-refractivity contribution in [1.82, 2.24) is 14.8 Å². The molecule has 0 amide bonds. The molecule has 3 N–H and O–H groups in total. The number of nitrogens with zero attached hydrogens (tertiary/aromatic N) is 2. The molecule has 0 aliphatic carbocycles. The van der Waals surface area contributed by atoms with Crippen LogP contribution in [0.4, 0.5) is 18.9 Å². The molecule has 8 heteroatoms. The number of hydrogen-bond acceptors (Lipinski definition) is 4. The summed E-state index contributed by atoms with van der Waals surface area (Å²) in [5.41, 5.74) is 3.96. The number of anilines is 1. The van der Waals surface area contributed by atoms with Crippen LogP contribution in [0.25, 0.3) is 10.9 Å². The fourth-order valence-corrected chi connectivity index (χ4v) is 6.25. The first-order valence-electron chi connectivity index (χ1n) is 13.6. The molecular weight excluding hydrogens is 489 g/mol. The monoisotopic (exact) mass is 526 g/mol. The molecule has 3 aromatic rings. The number of aliphatic hydroxyl groups excluding tert-OH is 1. The van der Waals surface area contributed by atoms with Crippen LogP contribution in [-0.2, 0) is 6.42 Å². The molecule has 0 radical (unpaired) electrons. The Balaban J connectivity index is 1.50. The fraction of sp³-hybridized carbons (Fsp3) is 0.467. The quantitative estimate of drug-likeness (QED) is 0.307. The lowest BCUT2D eigenvalue weighted by atomic mass is 9.87. The minimum atomic E-state index is -0.705. The summed E-state index contributed by atoms with van der Waals surface area (Å²) >= 11 is 0. The first kappa shape index (κ1) is 26.6. The summed E-state index contributed by atoms with van der Waals surface area (Å²) < 4.78 is 44.4. The molecule has 0 bridgehead atoms. The van der Waals surface area contributed by atoms with Gasteiger partial charge in [-0.05, 0) is 62.8 Å². The number of fused-ring (bicyclic) bond motifs is 3. The van der Waals surface area contributed by atoms with Gasteiger partial charge in [0, 0.05) is 66.3 Å². The van der Waals surface area contributed by atoms with Crippen molar-refractivity contribution < 1.29 is 18.3 Å². The number of para-hydroxylation sites is 1. The summed E-state index contributed by atoms with van der Waals surface area (Å²) in [6, 6.07) is 10.0. The van der Waals surface area contributed by atoms with E-state index >= 15 is 8.78 Å². The van der Waals surface area contributed by atoms with E-state index in [2.05, 4.69) is 28.7 Å². The van der Waals surface area contributed by atoms with E-state index in [1.807, 2.05) is 29.2 Å². The zero-order valence-electron chi connectivity index (χ0n) is 21.9. The van der Waals surface area contributed by atoms with Crippen LogP contribution in [0.3, 0.4) is 0 Å². The summed E-state index contributed by atoms with van der Waals surface area (Å²) in [7, 11) is 0. The lowest BCUT2D eigenvalue weighted by Gasteiger charge is -2.44. The van der Waals surface area contributed by atoms with Crippen LogP contribution < -0.4 is 5.32 Å². The molecule has 1 fully saturated rings. The average molecular weight is 527 g/mol. The maximum Gasteiger partial charge on any atom is 0.133 e. The molecule has 0 saturated carbocycles. The highest BCUT2D eigenvalue weighted by Gasteiger charge is 2.39. The smallest absolute Gasteiger partial charge is 0.133 e. The Morgan fingerprint density at radius 1 is 1.18 bits per heavy atom. The molecule has 0 unspecified atom stereocenters. The third-order valence-electron chi connectivity index (χ3n) is 7.96. The normalized spacial score (nSPS) is 21.7. The highest BCUT2D eigenvalue weighted by Crippen LogP contribution is 2.45. The van der Waals surface area contributed by atoms with Gasteiger partial charge in [0.2, 0.25) is 0 Å². The molecule has 5 nitrogen and oxygen atoms in total. The summed E-state index contributed by atoms with van der Waals surface area (Å²) in [6.45, 7) is 8.26. The van der Waals surface area contributed by atoms with Gasteiger partial charge in [0.1, 0.15) is 17.7 Å². The predicted octanol–water partition coefficient (Wildman–Crippen LogP) is 5.91. The topological polar surface area (TPSA) is 54.5 Å². The number of hydrogen-bond donors (Lipinski definition) is 3. The summed E-state index contributed by atoms with van der Waals surface area (Å²) in [5, 5.41) is 13.8. The lowest BCUT2D eigenvalue weighted by Crippen LogP contribution is -2.42. The van der Waals surface area contributed by atoms with Gasteiger partial charge in [-0.3, -0.25) is 4.39 Å². The first-order valence-corrected chi connectivity index (χ1v) is 13.6. The third-order valence-corrected chi connectivity index (χ3v) is 7.96. The number of aliphatic hydroxyl groups is 1. The number of aromatic amines is 1. The van der Waals surface area contributed by atoms with Crippen molar-refractivity contribution in [2.24, 2.45) is 0 Å². The number of nitrogens with one attached hydrogen (secondary N) is 2. The van der Waals surface area contributed by atoms with Gasteiger partial charge >= 0.3 is 0 Å². The van der Waals surface area contributed by atoms with Crippen molar-refractivity contribution in [3.05, 3.63) is 77.1 Å². The van der Waals surface area contributed by atoms with Crippen molar-refractivity contribution >= 4 is 16.6 Å². The molecule has 0 spiro atoms. The molecule has 5 rings (SSSR count). The highest BCUT2D eigenvalue weighted by atomic mass is 19.1. The number of aromatic nitrogens is 1. The SMILES string of the molecule is C=C(CCCO)N1[C@H](c2c(F)cc(N[C@H]3CCN(CCCF)C3)cc2F)c2[nH]c3ccccc3c2C[C@H]1C. The number of likely N-dealkylation sites (tertiary alicyclic amines) is 1.